The highest BCUT2D eigenvalue weighted by atomic mass is 79.9. The van der Waals surface area contributed by atoms with E-state index < -0.39 is 5.91 Å². The van der Waals surface area contributed by atoms with Gasteiger partial charge in [0, 0.05) is 43.7 Å². The third-order valence-electron chi connectivity index (χ3n) is 5.05. The van der Waals surface area contributed by atoms with E-state index in [9.17, 15) is 4.79 Å². The van der Waals surface area contributed by atoms with Gasteiger partial charge < -0.3 is 20.4 Å². The summed E-state index contributed by atoms with van der Waals surface area (Å²) in [5.74, 6) is 1.08. The SMILES string of the molecule is CN=C(NCc1ccc(C(N)=O)o1)N1CCN(C(C)c2ccc(Br)cc2)CC1. The Morgan fingerprint density at radius 2 is 1.89 bits per heavy atom. The maximum absolute atomic E-state index is 11.1. The molecule has 150 valence electrons. The highest BCUT2D eigenvalue weighted by Crippen LogP contribution is 2.23. The number of carbonyl (C=O) groups excluding carboxylic acids is 1. The van der Waals surface area contributed by atoms with E-state index in [1.165, 1.54) is 5.56 Å². The molecule has 1 unspecified atom stereocenters. The van der Waals surface area contributed by atoms with Crippen LogP contribution >= 0.6 is 15.9 Å². The van der Waals surface area contributed by atoms with Crippen LogP contribution in [0.1, 0.15) is 34.8 Å². The minimum absolute atomic E-state index is 0.169. The van der Waals surface area contributed by atoms with Crippen LogP contribution in [0.15, 0.2) is 50.3 Å². The molecule has 2 aromatic rings. The molecule has 0 bridgehead atoms. The third-order valence-corrected chi connectivity index (χ3v) is 5.58. The van der Waals surface area contributed by atoms with Gasteiger partial charge in [0.15, 0.2) is 11.7 Å². The second-order valence-corrected chi connectivity index (χ2v) is 7.70. The first-order chi connectivity index (χ1) is 13.5. The lowest BCUT2D eigenvalue weighted by molar-refractivity contribution is 0.0972. The van der Waals surface area contributed by atoms with Crippen molar-refractivity contribution in [2.24, 2.45) is 10.7 Å². The van der Waals surface area contributed by atoms with Crippen LogP contribution in [0.5, 0.6) is 0 Å². The lowest BCUT2D eigenvalue weighted by atomic mass is 10.1. The van der Waals surface area contributed by atoms with Gasteiger partial charge in [-0.25, -0.2) is 0 Å². The summed E-state index contributed by atoms with van der Waals surface area (Å²) in [5, 5.41) is 3.30. The van der Waals surface area contributed by atoms with Crippen molar-refractivity contribution in [3.8, 4) is 0 Å². The van der Waals surface area contributed by atoms with E-state index in [2.05, 4.69) is 67.2 Å². The predicted molar refractivity (Wildman–Crippen MR) is 113 cm³/mol. The number of hydrogen-bond donors (Lipinski definition) is 2. The molecule has 1 fully saturated rings. The first kappa shape index (κ1) is 20.4. The molecule has 28 heavy (non-hydrogen) atoms. The molecule has 1 saturated heterocycles. The van der Waals surface area contributed by atoms with Crippen LogP contribution < -0.4 is 11.1 Å². The molecule has 1 aromatic heterocycles. The van der Waals surface area contributed by atoms with E-state index >= 15 is 0 Å². The lowest BCUT2D eigenvalue weighted by Gasteiger charge is -2.39. The van der Waals surface area contributed by atoms with Crippen molar-refractivity contribution in [2.75, 3.05) is 33.2 Å². The molecule has 0 spiro atoms. The highest BCUT2D eigenvalue weighted by molar-refractivity contribution is 9.10. The fraction of sp³-hybridized carbons (Fsp3) is 0.400. The van der Waals surface area contributed by atoms with Crippen molar-refractivity contribution in [3.05, 3.63) is 58.0 Å². The molecule has 1 amide bonds. The Balaban J connectivity index is 1.52. The van der Waals surface area contributed by atoms with Crippen LogP contribution in [0.25, 0.3) is 0 Å². The Kier molecular flexibility index (Phi) is 6.74. The lowest BCUT2D eigenvalue weighted by Crippen LogP contribution is -2.52. The number of furan rings is 1. The zero-order valence-electron chi connectivity index (χ0n) is 16.2. The molecule has 8 heteroatoms. The number of halogens is 1. The summed E-state index contributed by atoms with van der Waals surface area (Å²) in [4.78, 5) is 20.2. The van der Waals surface area contributed by atoms with E-state index in [4.69, 9.17) is 10.2 Å². The zero-order valence-corrected chi connectivity index (χ0v) is 17.8. The van der Waals surface area contributed by atoms with Crippen molar-refractivity contribution >= 4 is 27.8 Å². The van der Waals surface area contributed by atoms with Gasteiger partial charge in [0.25, 0.3) is 5.91 Å². The Labute approximate surface area is 173 Å². The maximum Gasteiger partial charge on any atom is 0.284 e. The molecule has 1 atom stereocenters. The summed E-state index contributed by atoms with van der Waals surface area (Å²) in [6, 6.07) is 12.2. The second kappa shape index (κ2) is 9.25. The molecule has 7 nitrogen and oxygen atoms in total. The number of benzene rings is 1. The van der Waals surface area contributed by atoms with Crippen LogP contribution in [0.4, 0.5) is 0 Å². The molecule has 3 N–H and O–H groups in total. The predicted octanol–water partition coefficient (Wildman–Crippen LogP) is 2.60. The standard InChI is InChI=1S/C20H26BrN5O2/c1-14(15-3-5-16(21)6-4-15)25-9-11-26(12-10-25)20(23-2)24-13-17-7-8-18(28-17)19(22)27/h3-8,14H,9-13H2,1-2H3,(H2,22,27)(H,23,24). The minimum atomic E-state index is -0.563. The molecular formula is C20H26BrN5O2. The number of nitrogens with one attached hydrogen (secondary N) is 1. The average molecular weight is 448 g/mol. The number of guanidine groups is 1. The summed E-state index contributed by atoms with van der Waals surface area (Å²) in [6.45, 7) is 6.42. The van der Waals surface area contributed by atoms with Gasteiger partial charge in [-0.1, -0.05) is 28.1 Å². The molecule has 2 heterocycles. The van der Waals surface area contributed by atoms with Crippen LogP contribution in [0.3, 0.4) is 0 Å². The van der Waals surface area contributed by atoms with Gasteiger partial charge in [-0.15, -0.1) is 0 Å². The Morgan fingerprint density at radius 3 is 2.46 bits per heavy atom. The smallest absolute Gasteiger partial charge is 0.284 e. The van der Waals surface area contributed by atoms with E-state index in [-0.39, 0.29) is 5.76 Å². The van der Waals surface area contributed by atoms with Crippen molar-refractivity contribution < 1.29 is 9.21 Å². The molecule has 1 aliphatic rings. The van der Waals surface area contributed by atoms with Crippen LogP contribution in [0.2, 0.25) is 0 Å². The largest absolute Gasteiger partial charge is 0.454 e. The third kappa shape index (κ3) is 4.94. The van der Waals surface area contributed by atoms with Gasteiger partial charge in [0.2, 0.25) is 0 Å². The number of rotatable bonds is 5. The summed E-state index contributed by atoms with van der Waals surface area (Å²) in [6.07, 6.45) is 0. The minimum Gasteiger partial charge on any atom is -0.454 e. The second-order valence-electron chi connectivity index (χ2n) is 6.78. The summed E-state index contributed by atoms with van der Waals surface area (Å²) >= 11 is 3.49. The highest BCUT2D eigenvalue weighted by Gasteiger charge is 2.23. The first-order valence-electron chi connectivity index (χ1n) is 9.31. The van der Waals surface area contributed by atoms with Crippen molar-refractivity contribution in [1.29, 1.82) is 0 Å². The summed E-state index contributed by atoms with van der Waals surface area (Å²) in [7, 11) is 1.77. The number of nitrogens with zero attached hydrogens (tertiary/aromatic N) is 3. The maximum atomic E-state index is 11.1. The van der Waals surface area contributed by atoms with Crippen LogP contribution in [-0.4, -0.2) is 54.9 Å². The number of carbonyl (C=O) groups is 1. The van der Waals surface area contributed by atoms with Gasteiger partial charge in [-0.05, 0) is 36.8 Å². The Hall–Kier alpha value is -2.32. The first-order valence-corrected chi connectivity index (χ1v) is 10.1. The fourth-order valence-corrected chi connectivity index (χ4v) is 3.64. The van der Waals surface area contributed by atoms with Crippen LogP contribution in [0, 0.1) is 0 Å². The molecule has 1 aromatic carbocycles. The van der Waals surface area contributed by atoms with Crippen LogP contribution in [-0.2, 0) is 6.54 Å². The van der Waals surface area contributed by atoms with E-state index in [1.54, 1.807) is 19.2 Å². The fourth-order valence-electron chi connectivity index (χ4n) is 3.38. The van der Waals surface area contributed by atoms with Crippen molar-refractivity contribution in [1.82, 2.24) is 15.1 Å². The number of nitrogens with two attached hydrogens (primary N) is 1. The monoisotopic (exact) mass is 447 g/mol. The van der Waals surface area contributed by atoms with Gasteiger partial charge in [-0.2, -0.15) is 0 Å². The number of aliphatic imine (C=N–C) groups is 1. The molecule has 0 radical (unpaired) electrons. The Morgan fingerprint density at radius 1 is 1.21 bits per heavy atom. The summed E-state index contributed by atoms with van der Waals surface area (Å²) in [5.41, 5.74) is 6.54. The topological polar surface area (TPSA) is 87.1 Å². The van der Waals surface area contributed by atoms with Gasteiger partial charge in [0.1, 0.15) is 5.76 Å². The normalized spacial score (nSPS) is 16.8. The zero-order chi connectivity index (χ0) is 20.1. The quantitative estimate of drug-likeness (QED) is 0.543. The van der Waals surface area contributed by atoms with E-state index in [0.29, 0.717) is 18.3 Å². The number of amides is 1. The van der Waals surface area contributed by atoms with E-state index in [0.717, 1.165) is 36.6 Å². The van der Waals surface area contributed by atoms with Crippen molar-refractivity contribution in [3.63, 3.8) is 0 Å². The van der Waals surface area contributed by atoms with E-state index in [1.807, 2.05) is 0 Å². The van der Waals surface area contributed by atoms with Gasteiger partial charge >= 0.3 is 0 Å². The number of piperazine rings is 1. The van der Waals surface area contributed by atoms with Crippen molar-refractivity contribution in [2.45, 2.75) is 19.5 Å². The Bertz CT molecular complexity index is 825. The number of hydrogen-bond acceptors (Lipinski definition) is 4. The van der Waals surface area contributed by atoms with Gasteiger partial charge in [-0.3, -0.25) is 14.7 Å². The van der Waals surface area contributed by atoms with Gasteiger partial charge in [0.05, 0.1) is 6.54 Å². The number of primary amides is 1. The summed E-state index contributed by atoms with van der Waals surface area (Å²) < 4.78 is 6.51. The molecule has 0 saturated carbocycles. The molecule has 3 rings (SSSR count). The average Bonchev–Trinajstić information content (AvgIpc) is 3.18. The molecular weight excluding hydrogens is 422 g/mol. The molecule has 1 aliphatic heterocycles. The molecule has 0 aliphatic carbocycles.